The van der Waals surface area contributed by atoms with Gasteiger partial charge in [0.05, 0.1) is 13.0 Å². The smallest absolute Gasteiger partial charge is 0.224 e. The Balaban J connectivity index is 0.00000341. The van der Waals surface area contributed by atoms with Crippen molar-refractivity contribution in [1.82, 2.24) is 30.7 Å². The highest BCUT2D eigenvalue weighted by atomic mass is 127. The predicted octanol–water partition coefficient (Wildman–Crippen LogP) is 1.02. The summed E-state index contributed by atoms with van der Waals surface area (Å²) in [6.45, 7) is 2.11. The molecule has 0 bridgehead atoms. The van der Waals surface area contributed by atoms with Crippen LogP contribution in [0.5, 0.6) is 0 Å². The third kappa shape index (κ3) is 7.73. The molecule has 31 heavy (non-hydrogen) atoms. The SMILES string of the molecule is CN=C(NCCNC(=O)Cc1ccc(F)cc1)NC1CCc2nc(COC)nn2C1.I. The second kappa shape index (κ2) is 12.5. The lowest BCUT2D eigenvalue weighted by Gasteiger charge is -2.25. The highest BCUT2D eigenvalue weighted by Crippen LogP contribution is 2.13. The van der Waals surface area contributed by atoms with Gasteiger partial charge in [-0.25, -0.2) is 14.1 Å². The molecule has 170 valence electrons. The van der Waals surface area contributed by atoms with Crippen molar-refractivity contribution in [3.63, 3.8) is 0 Å². The average molecular weight is 545 g/mol. The van der Waals surface area contributed by atoms with Gasteiger partial charge in [0.2, 0.25) is 5.91 Å². The Kier molecular flexibility index (Phi) is 10.1. The van der Waals surface area contributed by atoms with Crippen molar-refractivity contribution in [3.8, 4) is 0 Å². The number of aryl methyl sites for hydroxylation is 1. The van der Waals surface area contributed by atoms with Crippen molar-refractivity contribution in [2.24, 2.45) is 4.99 Å². The number of carbonyl (C=O) groups is 1. The quantitative estimate of drug-likeness (QED) is 0.198. The lowest BCUT2D eigenvalue weighted by Crippen LogP contribution is -2.48. The zero-order chi connectivity index (χ0) is 21.3. The average Bonchev–Trinajstić information content (AvgIpc) is 3.14. The molecule has 0 aliphatic carbocycles. The van der Waals surface area contributed by atoms with Crippen molar-refractivity contribution >= 4 is 35.8 Å². The Hall–Kier alpha value is -2.28. The van der Waals surface area contributed by atoms with Gasteiger partial charge in [0.1, 0.15) is 18.2 Å². The number of methoxy groups -OCH3 is 1. The first-order chi connectivity index (χ1) is 14.6. The molecular weight excluding hydrogens is 516 g/mol. The molecule has 11 heteroatoms. The molecule has 0 saturated heterocycles. The van der Waals surface area contributed by atoms with Crippen molar-refractivity contribution in [3.05, 3.63) is 47.3 Å². The number of benzene rings is 1. The number of guanidine groups is 1. The number of nitrogens with zero attached hydrogens (tertiary/aromatic N) is 4. The number of carbonyl (C=O) groups excluding carboxylic acids is 1. The third-order valence-electron chi connectivity index (χ3n) is 4.76. The van der Waals surface area contributed by atoms with E-state index in [1.54, 1.807) is 26.3 Å². The topological polar surface area (TPSA) is 105 Å². The van der Waals surface area contributed by atoms with Crippen LogP contribution in [0.3, 0.4) is 0 Å². The number of aliphatic imine (C=N–C) groups is 1. The highest BCUT2D eigenvalue weighted by Gasteiger charge is 2.22. The van der Waals surface area contributed by atoms with Gasteiger partial charge in [0, 0.05) is 39.7 Å². The Morgan fingerprint density at radius 2 is 2.03 bits per heavy atom. The molecule has 1 amide bonds. The summed E-state index contributed by atoms with van der Waals surface area (Å²) >= 11 is 0. The Labute approximate surface area is 198 Å². The first-order valence-electron chi connectivity index (χ1n) is 9.97. The zero-order valence-electron chi connectivity index (χ0n) is 17.7. The van der Waals surface area contributed by atoms with Gasteiger partial charge in [-0.15, -0.1) is 24.0 Å². The van der Waals surface area contributed by atoms with Crippen LogP contribution in [0.25, 0.3) is 0 Å². The Bertz CT molecular complexity index is 873. The van der Waals surface area contributed by atoms with Gasteiger partial charge in [0.15, 0.2) is 11.8 Å². The summed E-state index contributed by atoms with van der Waals surface area (Å²) in [5.41, 5.74) is 0.776. The number of ether oxygens (including phenoxy) is 1. The minimum atomic E-state index is -0.310. The molecule has 0 spiro atoms. The Morgan fingerprint density at radius 1 is 1.29 bits per heavy atom. The number of nitrogens with one attached hydrogen (secondary N) is 3. The number of fused-ring (bicyclic) bond motifs is 1. The zero-order valence-corrected chi connectivity index (χ0v) is 20.1. The van der Waals surface area contributed by atoms with E-state index in [4.69, 9.17) is 4.74 Å². The van der Waals surface area contributed by atoms with Crippen molar-refractivity contribution in [2.75, 3.05) is 27.2 Å². The van der Waals surface area contributed by atoms with Gasteiger partial charge >= 0.3 is 0 Å². The van der Waals surface area contributed by atoms with E-state index in [0.717, 1.165) is 24.2 Å². The molecule has 1 aliphatic rings. The summed E-state index contributed by atoms with van der Waals surface area (Å²) < 4.78 is 19.9. The maximum Gasteiger partial charge on any atom is 0.224 e. The molecule has 1 aromatic carbocycles. The second-order valence-corrected chi connectivity index (χ2v) is 7.09. The van der Waals surface area contributed by atoms with Gasteiger partial charge in [0.25, 0.3) is 0 Å². The largest absolute Gasteiger partial charge is 0.377 e. The van der Waals surface area contributed by atoms with E-state index < -0.39 is 0 Å². The summed E-state index contributed by atoms with van der Waals surface area (Å²) in [6, 6.07) is 6.12. The van der Waals surface area contributed by atoms with Gasteiger partial charge in [-0.05, 0) is 24.1 Å². The number of amides is 1. The van der Waals surface area contributed by atoms with Crippen LogP contribution in [0, 0.1) is 5.82 Å². The minimum absolute atomic E-state index is 0. The van der Waals surface area contributed by atoms with Gasteiger partial charge in [-0.1, -0.05) is 12.1 Å². The molecule has 1 aliphatic heterocycles. The number of aromatic nitrogens is 3. The van der Waals surface area contributed by atoms with E-state index in [-0.39, 0.29) is 48.2 Å². The van der Waals surface area contributed by atoms with E-state index in [1.165, 1.54) is 12.1 Å². The van der Waals surface area contributed by atoms with E-state index in [2.05, 4.69) is 31.0 Å². The molecule has 1 unspecified atom stereocenters. The maximum atomic E-state index is 12.9. The first-order valence-corrected chi connectivity index (χ1v) is 9.97. The van der Waals surface area contributed by atoms with Crippen LogP contribution in [-0.2, 0) is 35.5 Å². The summed E-state index contributed by atoms with van der Waals surface area (Å²) in [5.74, 6) is 1.94. The molecule has 3 N–H and O–H groups in total. The van der Waals surface area contributed by atoms with Crippen LogP contribution < -0.4 is 16.0 Å². The van der Waals surface area contributed by atoms with Crippen molar-refractivity contribution < 1.29 is 13.9 Å². The highest BCUT2D eigenvalue weighted by molar-refractivity contribution is 14.0. The van der Waals surface area contributed by atoms with Crippen LogP contribution in [-0.4, -0.2) is 59.9 Å². The van der Waals surface area contributed by atoms with Gasteiger partial charge < -0.3 is 20.7 Å². The van der Waals surface area contributed by atoms with Crippen LogP contribution in [0.15, 0.2) is 29.3 Å². The molecule has 0 fully saturated rings. The predicted molar refractivity (Wildman–Crippen MR) is 126 cm³/mol. The fourth-order valence-corrected chi connectivity index (χ4v) is 3.29. The van der Waals surface area contributed by atoms with Crippen molar-refractivity contribution in [1.29, 1.82) is 0 Å². The number of halogens is 2. The van der Waals surface area contributed by atoms with Crippen LogP contribution in [0.4, 0.5) is 4.39 Å². The molecule has 3 rings (SSSR count). The lowest BCUT2D eigenvalue weighted by molar-refractivity contribution is -0.120. The molecule has 0 saturated carbocycles. The normalized spacial score (nSPS) is 15.6. The molecule has 1 aromatic heterocycles. The Morgan fingerprint density at radius 3 is 2.74 bits per heavy atom. The molecule has 0 radical (unpaired) electrons. The number of hydrogen-bond acceptors (Lipinski definition) is 5. The van der Waals surface area contributed by atoms with Crippen molar-refractivity contribution in [2.45, 2.75) is 38.5 Å². The van der Waals surface area contributed by atoms with Gasteiger partial charge in [-0.2, -0.15) is 5.10 Å². The summed E-state index contributed by atoms with van der Waals surface area (Å²) in [6.07, 6.45) is 1.99. The van der Waals surface area contributed by atoms with E-state index in [1.807, 2.05) is 4.68 Å². The van der Waals surface area contributed by atoms with E-state index >= 15 is 0 Å². The monoisotopic (exact) mass is 545 g/mol. The molecule has 2 heterocycles. The summed E-state index contributed by atoms with van der Waals surface area (Å²) in [7, 11) is 3.34. The minimum Gasteiger partial charge on any atom is -0.377 e. The fourth-order valence-electron chi connectivity index (χ4n) is 3.29. The summed E-state index contributed by atoms with van der Waals surface area (Å²) in [4.78, 5) is 20.7. The molecule has 2 aromatic rings. The van der Waals surface area contributed by atoms with Crippen LogP contribution >= 0.6 is 24.0 Å². The van der Waals surface area contributed by atoms with E-state index in [0.29, 0.717) is 38.0 Å². The summed E-state index contributed by atoms with van der Waals surface area (Å²) in [5, 5.41) is 13.9. The van der Waals surface area contributed by atoms with Crippen LogP contribution in [0.2, 0.25) is 0 Å². The fraction of sp³-hybridized carbons (Fsp3) is 0.500. The number of rotatable bonds is 8. The first kappa shape index (κ1) is 25.0. The second-order valence-electron chi connectivity index (χ2n) is 7.09. The molecule has 9 nitrogen and oxygen atoms in total. The van der Waals surface area contributed by atoms with Crippen LogP contribution in [0.1, 0.15) is 23.6 Å². The standard InChI is InChI=1S/C20H28FN7O2.HI/c1-22-20(24-10-9-23-19(29)11-14-3-5-15(21)6-4-14)25-16-7-8-18-26-17(13-30-2)27-28(18)12-16;/h3-6,16H,7-13H2,1-2H3,(H,23,29)(H2,22,24,25);1H. The maximum absolute atomic E-state index is 12.9. The lowest BCUT2D eigenvalue weighted by atomic mass is 10.1. The molecule has 1 atom stereocenters. The third-order valence-corrected chi connectivity index (χ3v) is 4.76. The van der Waals surface area contributed by atoms with Gasteiger partial charge in [-0.3, -0.25) is 9.79 Å². The number of hydrogen-bond donors (Lipinski definition) is 3. The van der Waals surface area contributed by atoms with E-state index in [9.17, 15) is 9.18 Å². The molecular formula is C20H29FIN7O2.